The van der Waals surface area contributed by atoms with Gasteiger partial charge in [0.1, 0.15) is 0 Å². The molecule has 0 heterocycles. The summed E-state index contributed by atoms with van der Waals surface area (Å²) in [6.07, 6.45) is -4.39. The van der Waals surface area contributed by atoms with Gasteiger partial charge in [-0.05, 0) is 23.3 Å². The van der Waals surface area contributed by atoms with E-state index in [0.717, 1.165) is 12.1 Å². The molecule has 0 aliphatic rings. The van der Waals surface area contributed by atoms with Gasteiger partial charge >= 0.3 is 6.18 Å². The van der Waals surface area contributed by atoms with Gasteiger partial charge in [-0.2, -0.15) is 13.2 Å². The van der Waals surface area contributed by atoms with Gasteiger partial charge in [-0.25, -0.2) is 0 Å². The molecule has 20 heavy (non-hydrogen) atoms. The molecule has 0 aliphatic carbocycles. The van der Waals surface area contributed by atoms with Gasteiger partial charge in [0.15, 0.2) is 0 Å². The van der Waals surface area contributed by atoms with E-state index in [1.807, 2.05) is 0 Å². The van der Waals surface area contributed by atoms with E-state index in [4.69, 9.17) is 0 Å². The van der Waals surface area contributed by atoms with Crippen LogP contribution >= 0.6 is 0 Å². The van der Waals surface area contributed by atoms with E-state index in [0.29, 0.717) is 16.7 Å². The fraction of sp³-hybridized carbons (Fsp3) is 0.143. The lowest BCUT2D eigenvalue weighted by atomic mass is 9.98. The maximum Gasteiger partial charge on any atom is 0.416 e. The Bertz CT molecular complexity index is 621. The largest absolute Gasteiger partial charge is 0.416 e. The van der Waals surface area contributed by atoms with Crippen molar-refractivity contribution in [2.45, 2.75) is 12.7 Å². The maximum atomic E-state index is 12.5. The Morgan fingerprint density at radius 3 is 2.15 bits per heavy atom. The van der Waals surface area contributed by atoms with Crippen molar-refractivity contribution in [3.63, 3.8) is 0 Å². The highest BCUT2D eigenvalue weighted by Crippen LogP contribution is 2.31. The summed E-state index contributed by atoms with van der Waals surface area (Å²) in [7, 11) is 0. The topological polar surface area (TPSA) is 43.1 Å². The summed E-state index contributed by atoms with van der Waals surface area (Å²) in [4.78, 5) is 10.1. The highest BCUT2D eigenvalue weighted by Gasteiger charge is 2.30. The lowest BCUT2D eigenvalue weighted by Gasteiger charge is -2.09. The quantitative estimate of drug-likeness (QED) is 0.626. The fourth-order valence-corrected chi connectivity index (χ4v) is 1.92. The van der Waals surface area contributed by atoms with Crippen LogP contribution in [0, 0.1) is 10.1 Å². The summed E-state index contributed by atoms with van der Waals surface area (Å²) < 4.78 is 37.5. The van der Waals surface area contributed by atoms with Crippen molar-refractivity contribution in [2.24, 2.45) is 0 Å². The Morgan fingerprint density at radius 2 is 1.60 bits per heavy atom. The molecule has 3 nitrogen and oxygen atoms in total. The lowest BCUT2D eigenvalue weighted by molar-refractivity contribution is -0.496. The summed E-state index contributed by atoms with van der Waals surface area (Å²) in [5.41, 5.74) is 0.818. The van der Waals surface area contributed by atoms with Gasteiger partial charge in [-0.15, -0.1) is 0 Å². The third-order valence-corrected chi connectivity index (χ3v) is 2.84. The van der Waals surface area contributed by atoms with E-state index >= 15 is 0 Å². The number of nitrogens with zero attached hydrogens (tertiary/aromatic N) is 1. The van der Waals surface area contributed by atoms with Gasteiger partial charge in [-0.1, -0.05) is 36.4 Å². The molecule has 0 aromatic heterocycles. The second-order valence-corrected chi connectivity index (χ2v) is 4.22. The molecule has 0 unspecified atom stereocenters. The summed E-state index contributed by atoms with van der Waals surface area (Å²) >= 11 is 0. The SMILES string of the molecule is O=[N+]([O-])Cc1ccccc1-c1ccc(C(F)(F)F)cc1. The molecule has 0 amide bonds. The molecule has 0 spiro atoms. The molecule has 0 saturated heterocycles. The standard InChI is InChI=1S/C14H10F3NO2/c15-14(16,17)12-7-5-10(6-8-12)13-4-2-1-3-11(13)9-18(19)20/h1-8H,9H2. The average Bonchev–Trinajstić information content (AvgIpc) is 2.38. The minimum Gasteiger partial charge on any atom is -0.264 e. The Kier molecular flexibility index (Phi) is 3.74. The first-order chi connectivity index (χ1) is 9.38. The third kappa shape index (κ3) is 3.14. The molecular formula is C14H10F3NO2. The molecule has 0 aliphatic heterocycles. The maximum absolute atomic E-state index is 12.5. The van der Waals surface area contributed by atoms with Gasteiger partial charge in [-0.3, -0.25) is 10.1 Å². The van der Waals surface area contributed by atoms with Gasteiger partial charge in [0.2, 0.25) is 6.54 Å². The predicted molar refractivity (Wildman–Crippen MR) is 67.6 cm³/mol. The van der Waals surface area contributed by atoms with Gasteiger partial charge < -0.3 is 0 Å². The Labute approximate surface area is 112 Å². The fourth-order valence-electron chi connectivity index (χ4n) is 1.92. The molecule has 0 bridgehead atoms. The second-order valence-electron chi connectivity index (χ2n) is 4.22. The number of benzene rings is 2. The molecule has 104 valence electrons. The van der Waals surface area contributed by atoms with Crippen LogP contribution in [0.5, 0.6) is 0 Å². The molecule has 0 radical (unpaired) electrons. The van der Waals surface area contributed by atoms with Crippen molar-refractivity contribution >= 4 is 0 Å². The smallest absolute Gasteiger partial charge is 0.264 e. The summed E-state index contributed by atoms with van der Waals surface area (Å²) in [5.74, 6) is 0. The van der Waals surface area contributed by atoms with E-state index in [-0.39, 0.29) is 6.54 Å². The zero-order chi connectivity index (χ0) is 14.8. The van der Waals surface area contributed by atoms with Crippen LogP contribution in [0.15, 0.2) is 48.5 Å². The van der Waals surface area contributed by atoms with E-state index in [9.17, 15) is 23.3 Å². The molecule has 0 atom stereocenters. The number of hydrogen-bond donors (Lipinski definition) is 0. The molecule has 2 aromatic rings. The monoisotopic (exact) mass is 281 g/mol. The van der Waals surface area contributed by atoms with Crippen molar-refractivity contribution in [3.8, 4) is 11.1 Å². The van der Waals surface area contributed by atoms with Gasteiger partial charge in [0.05, 0.1) is 5.56 Å². The van der Waals surface area contributed by atoms with Crippen molar-refractivity contribution in [1.29, 1.82) is 0 Å². The summed E-state index contributed by atoms with van der Waals surface area (Å²) in [5, 5.41) is 10.6. The molecule has 0 saturated carbocycles. The molecule has 6 heteroatoms. The molecule has 2 aromatic carbocycles. The van der Waals surface area contributed by atoms with Crippen LogP contribution in [0.25, 0.3) is 11.1 Å². The Balaban J connectivity index is 2.39. The van der Waals surface area contributed by atoms with Gasteiger partial charge in [0.25, 0.3) is 0 Å². The number of nitro groups is 1. The van der Waals surface area contributed by atoms with Gasteiger partial charge in [0, 0.05) is 10.5 Å². The number of hydrogen-bond acceptors (Lipinski definition) is 2. The van der Waals surface area contributed by atoms with E-state index in [1.165, 1.54) is 12.1 Å². The van der Waals surface area contributed by atoms with Crippen LogP contribution in [-0.2, 0) is 12.7 Å². The highest BCUT2D eigenvalue weighted by atomic mass is 19.4. The van der Waals surface area contributed by atoms with Crippen LogP contribution < -0.4 is 0 Å². The van der Waals surface area contributed by atoms with Crippen molar-refractivity contribution in [3.05, 3.63) is 69.8 Å². The summed E-state index contributed by atoms with van der Waals surface area (Å²) in [6.45, 7) is -0.364. The van der Waals surface area contributed by atoms with Crippen molar-refractivity contribution in [1.82, 2.24) is 0 Å². The van der Waals surface area contributed by atoms with Crippen LogP contribution in [0.1, 0.15) is 11.1 Å². The zero-order valence-corrected chi connectivity index (χ0v) is 10.2. The zero-order valence-electron chi connectivity index (χ0n) is 10.2. The van der Waals surface area contributed by atoms with Crippen LogP contribution in [0.2, 0.25) is 0 Å². The van der Waals surface area contributed by atoms with Crippen molar-refractivity contribution in [2.75, 3.05) is 0 Å². The number of rotatable bonds is 3. The first kappa shape index (κ1) is 14.0. The Hall–Kier alpha value is -2.37. The van der Waals surface area contributed by atoms with Crippen LogP contribution in [0.4, 0.5) is 13.2 Å². The third-order valence-electron chi connectivity index (χ3n) is 2.84. The molecule has 2 rings (SSSR count). The molecule has 0 fully saturated rings. The minimum atomic E-state index is -4.39. The first-order valence-corrected chi connectivity index (χ1v) is 5.75. The second kappa shape index (κ2) is 5.32. The highest BCUT2D eigenvalue weighted by molar-refractivity contribution is 5.67. The van der Waals surface area contributed by atoms with E-state index < -0.39 is 16.7 Å². The minimum absolute atomic E-state index is 0.364. The van der Waals surface area contributed by atoms with E-state index in [2.05, 4.69) is 0 Å². The lowest BCUT2D eigenvalue weighted by Crippen LogP contribution is -2.04. The number of halogens is 3. The molecular weight excluding hydrogens is 271 g/mol. The number of alkyl halides is 3. The predicted octanol–water partition coefficient (Wildman–Crippen LogP) is 4.15. The van der Waals surface area contributed by atoms with Crippen molar-refractivity contribution < 1.29 is 18.1 Å². The average molecular weight is 281 g/mol. The van der Waals surface area contributed by atoms with E-state index in [1.54, 1.807) is 24.3 Å². The molecule has 0 N–H and O–H groups in total. The van der Waals surface area contributed by atoms with Crippen LogP contribution in [0.3, 0.4) is 0 Å². The van der Waals surface area contributed by atoms with Crippen LogP contribution in [-0.4, -0.2) is 4.92 Å². The Morgan fingerprint density at radius 1 is 1.00 bits per heavy atom. The summed E-state index contributed by atoms with van der Waals surface area (Å²) in [6, 6.07) is 11.2. The first-order valence-electron chi connectivity index (χ1n) is 5.75. The normalized spacial score (nSPS) is 11.3.